The Morgan fingerprint density at radius 1 is 1.15 bits per heavy atom. The number of hydrogen-bond acceptors (Lipinski definition) is 4. The van der Waals surface area contributed by atoms with Crippen LogP contribution in [0.5, 0.6) is 0 Å². The molecule has 2 aliphatic rings. The lowest BCUT2D eigenvalue weighted by Gasteiger charge is -2.26. The van der Waals surface area contributed by atoms with Crippen molar-refractivity contribution in [1.82, 2.24) is 15.1 Å². The molecule has 0 aliphatic carbocycles. The van der Waals surface area contributed by atoms with Gasteiger partial charge < -0.3 is 19.9 Å². The average Bonchev–Trinajstić information content (AvgIpc) is 2.73. The molecule has 0 aromatic heterocycles. The average molecular weight is 283 g/mol. The zero-order chi connectivity index (χ0) is 14.5. The van der Waals surface area contributed by atoms with Crippen LogP contribution < -0.4 is 5.32 Å². The van der Waals surface area contributed by atoms with E-state index in [1.807, 2.05) is 16.7 Å². The molecule has 1 N–H and O–H groups in total. The number of carbonyl (C=O) groups is 2. The number of likely N-dealkylation sites (N-methyl/N-ethyl adjacent to an activating group) is 1. The van der Waals surface area contributed by atoms with Crippen LogP contribution in [0.2, 0.25) is 0 Å². The first-order chi connectivity index (χ1) is 9.63. The zero-order valence-electron chi connectivity index (χ0n) is 12.4. The van der Waals surface area contributed by atoms with E-state index >= 15 is 0 Å². The molecular formula is C14H25N3O3. The number of nitrogens with one attached hydrogen (secondary N) is 1. The minimum Gasteiger partial charge on any atom is -0.379 e. The van der Waals surface area contributed by atoms with Crippen LogP contribution in [-0.2, 0) is 14.3 Å². The van der Waals surface area contributed by atoms with Crippen molar-refractivity contribution in [3.63, 3.8) is 0 Å². The summed E-state index contributed by atoms with van der Waals surface area (Å²) in [5.74, 6) is 0.173. The molecule has 6 heteroatoms. The van der Waals surface area contributed by atoms with Crippen molar-refractivity contribution < 1.29 is 14.3 Å². The van der Waals surface area contributed by atoms with E-state index in [0.29, 0.717) is 26.3 Å². The molecule has 2 unspecified atom stereocenters. The fourth-order valence-corrected chi connectivity index (χ4v) is 2.95. The third kappa shape index (κ3) is 3.49. The van der Waals surface area contributed by atoms with E-state index < -0.39 is 0 Å². The Bertz CT molecular complexity index is 362. The molecule has 0 saturated carbocycles. The Morgan fingerprint density at radius 2 is 1.85 bits per heavy atom. The van der Waals surface area contributed by atoms with Crippen molar-refractivity contribution in [2.45, 2.75) is 26.3 Å². The first-order valence-corrected chi connectivity index (χ1v) is 7.49. The molecule has 0 spiro atoms. The third-order valence-corrected chi connectivity index (χ3v) is 4.12. The van der Waals surface area contributed by atoms with Crippen LogP contribution in [0.25, 0.3) is 0 Å². The fraction of sp³-hybridized carbons (Fsp3) is 0.857. The predicted octanol–water partition coefficient (Wildman–Crippen LogP) is -0.308. The second-order valence-corrected chi connectivity index (χ2v) is 5.49. The molecule has 0 aromatic carbocycles. The summed E-state index contributed by atoms with van der Waals surface area (Å²) in [7, 11) is 0. The van der Waals surface area contributed by atoms with Crippen molar-refractivity contribution >= 4 is 11.8 Å². The highest BCUT2D eigenvalue weighted by molar-refractivity contribution is 5.80. The molecule has 2 saturated heterocycles. The largest absolute Gasteiger partial charge is 0.379 e. The first-order valence-electron chi connectivity index (χ1n) is 7.49. The minimum atomic E-state index is -0.0844. The first kappa shape index (κ1) is 15.3. The van der Waals surface area contributed by atoms with Crippen LogP contribution in [-0.4, -0.2) is 73.6 Å². The van der Waals surface area contributed by atoms with Crippen molar-refractivity contribution in [2.24, 2.45) is 5.92 Å². The van der Waals surface area contributed by atoms with E-state index in [4.69, 9.17) is 4.74 Å². The maximum absolute atomic E-state index is 12.6. The molecule has 0 bridgehead atoms. The van der Waals surface area contributed by atoms with Gasteiger partial charge in [-0.2, -0.15) is 0 Å². The Hall–Kier alpha value is -1.14. The lowest BCUT2D eigenvalue weighted by atomic mass is 10.0. The number of amides is 2. The Labute approximate surface area is 120 Å². The molecular weight excluding hydrogens is 258 g/mol. The van der Waals surface area contributed by atoms with Crippen molar-refractivity contribution in [2.75, 3.05) is 45.9 Å². The molecule has 6 nitrogen and oxygen atoms in total. The predicted molar refractivity (Wildman–Crippen MR) is 75.2 cm³/mol. The van der Waals surface area contributed by atoms with Gasteiger partial charge in [0.2, 0.25) is 11.8 Å². The lowest BCUT2D eigenvalue weighted by molar-refractivity contribution is -0.136. The smallest absolute Gasteiger partial charge is 0.229 e. The van der Waals surface area contributed by atoms with E-state index in [-0.39, 0.29) is 23.8 Å². The van der Waals surface area contributed by atoms with Crippen molar-refractivity contribution in [3.05, 3.63) is 0 Å². The fourth-order valence-electron chi connectivity index (χ4n) is 2.95. The molecule has 20 heavy (non-hydrogen) atoms. The highest BCUT2D eigenvalue weighted by Crippen LogP contribution is 2.18. The molecule has 0 aromatic rings. The second-order valence-electron chi connectivity index (χ2n) is 5.49. The maximum Gasteiger partial charge on any atom is 0.229 e. The van der Waals surface area contributed by atoms with Gasteiger partial charge in [-0.15, -0.1) is 0 Å². The zero-order valence-corrected chi connectivity index (χ0v) is 12.4. The van der Waals surface area contributed by atoms with Crippen LogP contribution >= 0.6 is 0 Å². The van der Waals surface area contributed by atoms with Crippen LogP contribution in [0.3, 0.4) is 0 Å². The molecule has 2 rings (SSSR count). The van der Waals surface area contributed by atoms with Crippen molar-refractivity contribution in [3.8, 4) is 0 Å². The number of nitrogens with zero attached hydrogens (tertiary/aromatic N) is 2. The van der Waals surface area contributed by atoms with Crippen LogP contribution in [0.15, 0.2) is 0 Å². The van der Waals surface area contributed by atoms with Crippen LogP contribution in [0.1, 0.15) is 20.3 Å². The molecule has 2 heterocycles. The van der Waals surface area contributed by atoms with Crippen LogP contribution in [0, 0.1) is 5.92 Å². The van der Waals surface area contributed by atoms with Gasteiger partial charge in [0.05, 0.1) is 19.1 Å². The Kier molecular flexibility index (Phi) is 5.37. The SMILES string of the molecule is CCNC1COCC1C(=O)N1CCCN(C(C)=O)CC1. The summed E-state index contributed by atoms with van der Waals surface area (Å²) < 4.78 is 5.45. The van der Waals surface area contributed by atoms with E-state index in [2.05, 4.69) is 5.32 Å². The highest BCUT2D eigenvalue weighted by atomic mass is 16.5. The summed E-state index contributed by atoms with van der Waals surface area (Å²) in [6, 6.07) is 0.125. The summed E-state index contributed by atoms with van der Waals surface area (Å²) in [5.41, 5.74) is 0. The third-order valence-electron chi connectivity index (χ3n) is 4.12. The summed E-state index contributed by atoms with van der Waals surface area (Å²) in [6.45, 7) is 8.33. The van der Waals surface area contributed by atoms with Gasteiger partial charge in [-0.1, -0.05) is 6.92 Å². The summed E-state index contributed by atoms with van der Waals surface area (Å²) in [4.78, 5) is 27.7. The monoisotopic (exact) mass is 283 g/mol. The van der Waals surface area contributed by atoms with Gasteiger partial charge in [0.25, 0.3) is 0 Å². The number of rotatable bonds is 3. The minimum absolute atomic E-state index is 0.0844. The van der Waals surface area contributed by atoms with E-state index in [1.54, 1.807) is 6.92 Å². The molecule has 0 radical (unpaired) electrons. The van der Waals surface area contributed by atoms with Gasteiger partial charge in [-0.3, -0.25) is 9.59 Å². The molecule has 114 valence electrons. The Balaban J connectivity index is 1.93. The van der Waals surface area contributed by atoms with E-state index in [9.17, 15) is 9.59 Å². The van der Waals surface area contributed by atoms with Gasteiger partial charge in [0.1, 0.15) is 0 Å². The van der Waals surface area contributed by atoms with E-state index in [1.165, 1.54) is 0 Å². The number of ether oxygens (including phenoxy) is 1. The summed E-state index contributed by atoms with van der Waals surface area (Å²) >= 11 is 0. The van der Waals surface area contributed by atoms with Gasteiger partial charge in [0, 0.05) is 39.1 Å². The summed E-state index contributed by atoms with van der Waals surface area (Å²) in [6.07, 6.45) is 0.852. The summed E-state index contributed by atoms with van der Waals surface area (Å²) in [5, 5.41) is 3.32. The van der Waals surface area contributed by atoms with Gasteiger partial charge in [-0.25, -0.2) is 0 Å². The number of carbonyl (C=O) groups excluding carboxylic acids is 2. The molecule has 2 aliphatic heterocycles. The van der Waals surface area contributed by atoms with Gasteiger partial charge in [-0.05, 0) is 13.0 Å². The van der Waals surface area contributed by atoms with Crippen molar-refractivity contribution in [1.29, 1.82) is 0 Å². The van der Waals surface area contributed by atoms with Gasteiger partial charge >= 0.3 is 0 Å². The van der Waals surface area contributed by atoms with E-state index in [0.717, 1.165) is 26.1 Å². The quantitative estimate of drug-likeness (QED) is 0.772. The highest BCUT2D eigenvalue weighted by Gasteiger charge is 2.36. The second kappa shape index (κ2) is 7.04. The van der Waals surface area contributed by atoms with Gasteiger partial charge in [0.15, 0.2) is 0 Å². The van der Waals surface area contributed by atoms with Crippen LogP contribution in [0.4, 0.5) is 0 Å². The standard InChI is InChI=1S/C14H25N3O3/c1-3-15-13-10-20-9-12(13)14(19)17-6-4-5-16(7-8-17)11(2)18/h12-13,15H,3-10H2,1-2H3. The molecule has 2 atom stereocenters. The Morgan fingerprint density at radius 3 is 2.55 bits per heavy atom. The maximum atomic E-state index is 12.6. The molecule has 2 fully saturated rings. The lowest BCUT2D eigenvalue weighted by Crippen LogP contribution is -2.46. The topological polar surface area (TPSA) is 61.9 Å². The normalized spacial score (nSPS) is 27.5. The molecule has 2 amide bonds. The number of hydrogen-bond donors (Lipinski definition) is 1.